The van der Waals surface area contributed by atoms with E-state index in [4.69, 9.17) is 0 Å². The van der Waals surface area contributed by atoms with E-state index < -0.39 is 12.1 Å². The van der Waals surface area contributed by atoms with Crippen LogP contribution in [0.25, 0.3) is 0 Å². The normalized spacial score (nSPS) is 22.1. The van der Waals surface area contributed by atoms with E-state index in [1.54, 1.807) is 23.9 Å². The molecule has 1 aromatic heterocycles. The quantitative estimate of drug-likeness (QED) is 0.681. The lowest BCUT2D eigenvalue weighted by Crippen LogP contribution is -2.37. The number of aromatic nitrogens is 1. The lowest BCUT2D eigenvalue weighted by molar-refractivity contribution is -0.152. The van der Waals surface area contributed by atoms with Gasteiger partial charge in [0.15, 0.2) is 0 Å². The molecule has 0 aliphatic carbocycles. The molecule has 0 radical (unpaired) electrons. The van der Waals surface area contributed by atoms with Gasteiger partial charge in [0.25, 0.3) is 0 Å². The zero-order chi connectivity index (χ0) is 10.3. The van der Waals surface area contributed by atoms with Crippen LogP contribution in [0.1, 0.15) is 17.2 Å². The molecule has 14 heavy (non-hydrogen) atoms. The summed E-state index contributed by atoms with van der Waals surface area (Å²) in [5, 5.41) is 2.78. The summed E-state index contributed by atoms with van der Waals surface area (Å²) in [6.45, 7) is 0.511. The van der Waals surface area contributed by atoms with Gasteiger partial charge in [0.1, 0.15) is 5.92 Å². The summed E-state index contributed by atoms with van der Waals surface area (Å²) in [7, 11) is 1.66. The third kappa shape index (κ3) is 1.41. The molecule has 5 heteroatoms. The molecule has 2 heterocycles. The second-order valence-corrected chi connectivity index (χ2v) is 3.56. The molecule has 0 saturated heterocycles. The van der Waals surface area contributed by atoms with Crippen molar-refractivity contribution in [1.82, 2.24) is 9.88 Å². The first-order valence-electron chi connectivity index (χ1n) is 4.41. The fourth-order valence-electron chi connectivity index (χ4n) is 1.93. The highest BCUT2D eigenvalue weighted by Gasteiger charge is 2.44. The third-order valence-electron chi connectivity index (χ3n) is 2.60. The molecular formula is C9H11F3N2. The number of halogens is 3. The number of rotatable bonds is 0. The Morgan fingerprint density at radius 1 is 1.50 bits per heavy atom. The van der Waals surface area contributed by atoms with Gasteiger partial charge in [-0.15, -0.1) is 0 Å². The van der Waals surface area contributed by atoms with Gasteiger partial charge in [-0.05, 0) is 11.6 Å². The van der Waals surface area contributed by atoms with Crippen molar-refractivity contribution >= 4 is 0 Å². The van der Waals surface area contributed by atoms with Crippen molar-refractivity contribution in [2.75, 3.05) is 6.54 Å². The van der Waals surface area contributed by atoms with E-state index in [1.807, 2.05) is 0 Å². The molecule has 1 aliphatic rings. The summed E-state index contributed by atoms with van der Waals surface area (Å²) in [5.74, 6) is -1.37. The third-order valence-corrected chi connectivity index (χ3v) is 2.60. The monoisotopic (exact) mass is 204 g/mol. The molecule has 1 atom stereocenters. The Morgan fingerprint density at radius 2 is 2.21 bits per heavy atom. The van der Waals surface area contributed by atoms with Gasteiger partial charge in [-0.2, -0.15) is 13.2 Å². The van der Waals surface area contributed by atoms with Gasteiger partial charge in [-0.3, -0.25) is 0 Å². The summed E-state index contributed by atoms with van der Waals surface area (Å²) in [6, 6.07) is 1.74. The molecule has 1 aliphatic heterocycles. The van der Waals surface area contributed by atoms with Crippen LogP contribution in [0.15, 0.2) is 12.3 Å². The van der Waals surface area contributed by atoms with Crippen LogP contribution in [0.4, 0.5) is 13.2 Å². The zero-order valence-electron chi connectivity index (χ0n) is 7.73. The molecule has 0 spiro atoms. The molecule has 78 valence electrons. The fraction of sp³-hybridized carbons (Fsp3) is 0.556. The maximum atomic E-state index is 12.6. The molecule has 2 nitrogen and oxygen atoms in total. The SMILES string of the molecule is Cn1ccc2c1C(C(F)(F)F)CNC2. The molecule has 1 N–H and O–H groups in total. The molecule has 0 amide bonds. The summed E-state index contributed by atoms with van der Waals surface area (Å²) < 4.78 is 39.4. The van der Waals surface area contributed by atoms with Gasteiger partial charge in [-0.1, -0.05) is 0 Å². The summed E-state index contributed by atoms with van der Waals surface area (Å²) >= 11 is 0. The van der Waals surface area contributed by atoms with Crippen LogP contribution in [-0.4, -0.2) is 17.3 Å². The van der Waals surface area contributed by atoms with Crippen LogP contribution in [0, 0.1) is 0 Å². The lowest BCUT2D eigenvalue weighted by atomic mass is 9.97. The van der Waals surface area contributed by atoms with Gasteiger partial charge < -0.3 is 9.88 Å². The highest BCUT2D eigenvalue weighted by molar-refractivity contribution is 5.29. The van der Waals surface area contributed by atoms with Crippen LogP contribution < -0.4 is 5.32 Å². The second kappa shape index (κ2) is 3.02. The average molecular weight is 204 g/mol. The molecule has 0 bridgehead atoms. The Morgan fingerprint density at radius 3 is 2.86 bits per heavy atom. The lowest BCUT2D eigenvalue weighted by Gasteiger charge is -2.27. The summed E-state index contributed by atoms with van der Waals surface area (Å²) in [5.41, 5.74) is 1.15. The zero-order valence-corrected chi connectivity index (χ0v) is 7.73. The van der Waals surface area contributed by atoms with Crippen LogP contribution in [-0.2, 0) is 13.6 Å². The van der Waals surface area contributed by atoms with Crippen molar-refractivity contribution in [3.8, 4) is 0 Å². The molecule has 0 saturated carbocycles. The largest absolute Gasteiger partial charge is 0.398 e. The highest BCUT2D eigenvalue weighted by Crippen LogP contribution is 2.37. The second-order valence-electron chi connectivity index (χ2n) is 3.56. The highest BCUT2D eigenvalue weighted by atomic mass is 19.4. The van der Waals surface area contributed by atoms with Crippen molar-refractivity contribution in [2.45, 2.75) is 18.6 Å². The molecule has 0 aromatic carbocycles. The summed E-state index contributed by atoms with van der Waals surface area (Å²) in [6.07, 6.45) is -2.48. The van der Waals surface area contributed by atoms with Crippen LogP contribution in [0.2, 0.25) is 0 Å². The maximum Gasteiger partial charge on any atom is 0.398 e. The van der Waals surface area contributed by atoms with Gasteiger partial charge in [0.2, 0.25) is 0 Å². The number of aryl methyl sites for hydroxylation is 1. The minimum Gasteiger partial charge on any atom is -0.354 e. The van der Waals surface area contributed by atoms with Gasteiger partial charge in [-0.25, -0.2) is 0 Å². The van der Waals surface area contributed by atoms with E-state index in [9.17, 15) is 13.2 Å². The number of hydrogen-bond donors (Lipinski definition) is 1. The van der Waals surface area contributed by atoms with Gasteiger partial charge in [0.05, 0.1) is 0 Å². The minimum atomic E-state index is -4.16. The number of fused-ring (bicyclic) bond motifs is 1. The Hall–Kier alpha value is -0.970. The van der Waals surface area contributed by atoms with Gasteiger partial charge >= 0.3 is 6.18 Å². The topological polar surface area (TPSA) is 17.0 Å². The minimum absolute atomic E-state index is 0.0195. The van der Waals surface area contributed by atoms with Crippen molar-refractivity contribution in [2.24, 2.45) is 7.05 Å². The van der Waals surface area contributed by atoms with Crippen molar-refractivity contribution in [3.05, 3.63) is 23.5 Å². The van der Waals surface area contributed by atoms with Crippen molar-refractivity contribution in [3.63, 3.8) is 0 Å². The van der Waals surface area contributed by atoms with E-state index in [0.717, 1.165) is 5.56 Å². The van der Waals surface area contributed by atoms with Crippen molar-refractivity contribution in [1.29, 1.82) is 0 Å². The van der Waals surface area contributed by atoms with Crippen LogP contribution in [0.5, 0.6) is 0 Å². The van der Waals surface area contributed by atoms with Crippen LogP contribution >= 0.6 is 0 Å². The Balaban J connectivity index is 2.44. The first-order chi connectivity index (χ1) is 6.50. The van der Waals surface area contributed by atoms with Gasteiger partial charge in [0, 0.05) is 32.0 Å². The molecule has 1 aromatic rings. The molecule has 0 fully saturated rings. The van der Waals surface area contributed by atoms with E-state index in [2.05, 4.69) is 5.32 Å². The molecule has 2 rings (SSSR count). The molecular weight excluding hydrogens is 193 g/mol. The number of alkyl halides is 3. The first-order valence-corrected chi connectivity index (χ1v) is 4.41. The predicted octanol–water partition coefficient (Wildman–Crippen LogP) is 1.77. The maximum absolute atomic E-state index is 12.6. The van der Waals surface area contributed by atoms with Crippen LogP contribution in [0.3, 0.4) is 0 Å². The van der Waals surface area contributed by atoms with E-state index in [1.165, 1.54) is 0 Å². The average Bonchev–Trinajstić information content (AvgIpc) is 2.46. The Kier molecular flexibility index (Phi) is 2.06. The van der Waals surface area contributed by atoms with E-state index >= 15 is 0 Å². The van der Waals surface area contributed by atoms with E-state index in [-0.39, 0.29) is 6.54 Å². The first kappa shape index (κ1) is 9.58. The fourth-order valence-corrected chi connectivity index (χ4v) is 1.93. The summed E-state index contributed by atoms with van der Waals surface area (Å²) in [4.78, 5) is 0. The van der Waals surface area contributed by atoms with E-state index in [0.29, 0.717) is 12.2 Å². The predicted molar refractivity (Wildman–Crippen MR) is 45.9 cm³/mol. The number of nitrogens with zero attached hydrogens (tertiary/aromatic N) is 1. The smallest absolute Gasteiger partial charge is 0.354 e. The number of hydrogen-bond acceptors (Lipinski definition) is 1. The molecule has 1 unspecified atom stereocenters. The number of nitrogens with one attached hydrogen (secondary N) is 1. The van der Waals surface area contributed by atoms with Crippen molar-refractivity contribution < 1.29 is 13.2 Å². The standard InChI is InChI=1S/C9H11F3N2/c1-14-3-2-6-4-13-5-7(8(6)14)9(10,11)12/h2-3,7,13H,4-5H2,1H3. The Labute approximate surface area is 79.7 Å². The Bertz CT molecular complexity index is 340.